The van der Waals surface area contributed by atoms with Crippen molar-refractivity contribution >= 4 is 16.8 Å². The largest absolute Gasteiger partial charge is 0.379 e. The summed E-state index contributed by atoms with van der Waals surface area (Å²) in [6, 6.07) is 6.58. The monoisotopic (exact) mass is 397 g/mol. The Labute approximate surface area is 172 Å². The molecule has 7 heteroatoms. The Hall–Kier alpha value is -1.96. The summed E-state index contributed by atoms with van der Waals surface area (Å²) in [6.07, 6.45) is 3.93. The number of aryl methyl sites for hydroxylation is 1. The number of nitrogens with zero attached hydrogens (tertiary/aromatic N) is 5. The number of hydrogen-bond donors (Lipinski definition) is 0. The van der Waals surface area contributed by atoms with Crippen LogP contribution in [0.4, 0.5) is 0 Å². The van der Waals surface area contributed by atoms with E-state index in [2.05, 4.69) is 38.0 Å². The van der Waals surface area contributed by atoms with Crippen molar-refractivity contribution in [3.8, 4) is 0 Å². The highest BCUT2D eigenvalue weighted by atomic mass is 16.5. The molecule has 1 aromatic carbocycles. The van der Waals surface area contributed by atoms with Crippen molar-refractivity contribution in [2.45, 2.75) is 19.4 Å². The van der Waals surface area contributed by atoms with Crippen LogP contribution in [0.1, 0.15) is 18.4 Å². The second-order valence-corrected chi connectivity index (χ2v) is 8.90. The van der Waals surface area contributed by atoms with Crippen molar-refractivity contribution in [3.63, 3.8) is 0 Å². The van der Waals surface area contributed by atoms with Crippen LogP contribution < -0.4 is 0 Å². The first-order valence-corrected chi connectivity index (χ1v) is 10.9. The molecule has 0 aliphatic carbocycles. The van der Waals surface area contributed by atoms with Gasteiger partial charge in [0.2, 0.25) is 5.91 Å². The van der Waals surface area contributed by atoms with E-state index in [1.54, 1.807) is 0 Å². The fourth-order valence-corrected chi connectivity index (χ4v) is 5.23. The van der Waals surface area contributed by atoms with Gasteiger partial charge in [0.25, 0.3) is 0 Å². The molecule has 29 heavy (non-hydrogen) atoms. The topological polar surface area (TPSA) is 53.8 Å². The van der Waals surface area contributed by atoms with E-state index in [0.29, 0.717) is 5.91 Å². The van der Waals surface area contributed by atoms with Gasteiger partial charge in [0.05, 0.1) is 30.3 Å². The number of ether oxygens (including phenoxy) is 1. The lowest BCUT2D eigenvalue weighted by Gasteiger charge is -2.29. The van der Waals surface area contributed by atoms with Crippen LogP contribution >= 0.6 is 0 Å². The van der Waals surface area contributed by atoms with Gasteiger partial charge in [-0.15, -0.1) is 0 Å². The summed E-state index contributed by atoms with van der Waals surface area (Å²) in [6.45, 7) is 9.17. The van der Waals surface area contributed by atoms with Crippen molar-refractivity contribution in [2.24, 2.45) is 12.5 Å². The summed E-state index contributed by atoms with van der Waals surface area (Å²) in [5.74, 6) is 0.385. The van der Waals surface area contributed by atoms with Crippen LogP contribution in [0.5, 0.6) is 0 Å². The zero-order valence-corrected chi connectivity index (χ0v) is 17.3. The van der Waals surface area contributed by atoms with E-state index in [9.17, 15) is 4.79 Å². The van der Waals surface area contributed by atoms with Gasteiger partial charge in [-0.25, -0.2) is 0 Å². The maximum atomic E-state index is 13.2. The second kappa shape index (κ2) is 7.70. The molecule has 2 aromatic rings. The first kappa shape index (κ1) is 19.0. The molecule has 0 bridgehead atoms. The molecular weight excluding hydrogens is 366 g/mol. The van der Waals surface area contributed by atoms with Crippen LogP contribution in [0.2, 0.25) is 0 Å². The van der Waals surface area contributed by atoms with Crippen LogP contribution in [0.25, 0.3) is 10.9 Å². The fourth-order valence-electron chi connectivity index (χ4n) is 5.23. The number of benzene rings is 1. The minimum absolute atomic E-state index is 0.149. The van der Waals surface area contributed by atoms with E-state index in [4.69, 9.17) is 4.74 Å². The minimum atomic E-state index is -0.149. The number of aromatic nitrogens is 2. The normalized spacial score (nSPS) is 26.4. The van der Waals surface area contributed by atoms with Crippen LogP contribution in [0.3, 0.4) is 0 Å². The van der Waals surface area contributed by atoms with Crippen molar-refractivity contribution in [1.29, 1.82) is 0 Å². The summed E-state index contributed by atoms with van der Waals surface area (Å²) < 4.78 is 7.33. The third-order valence-corrected chi connectivity index (χ3v) is 7.04. The van der Waals surface area contributed by atoms with Crippen molar-refractivity contribution < 1.29 is 9.53 Å². The number of amides is 1. The SMILES string of the molecule is Cn1ncc2cc(CN3CCC4(CCN(CCN5CCOCC5)C4=O)C3)ccc21. The van der Waals surface area contributed by atoms with Gasteiger partial charge in [-0.05, 0) is 37.1 Å². The molecule has 1 unspecified atom stereocenters. The molecule has 3 fully saturated rings. The molecule has 5 rings (SSSR count). The average molecular weight is 398 g/mol. The lowest BCUT2D eigenvalue weighted by atomic mass is 9.85. The predicted octanol–water partition coefficient (Wildman–Crippen LogP) is 1.33. The van der Waals surface area contributed by atoms with Crippen molar-refractivity contribution in [3.05, 3.63) is 30.0 Å². The Balaban J connectivity index is 1.18. The first-order chi connectivity index (χ1) is 14.1. The summed E-state index contributed by atoms with van der Waals surface area (Å²) in [5, 5.41) is 5.52. The maximum absolute atomic E-state index is 13.2. The van der Waals surface area contributed by atoms with Gasteiger partial charge in [0.1, 0.15) is 0 Å². The van der Waals surface area contributed by atoms with E-state index < -0.39 is 0 Å². The molecule has 7 nitrogen and oxygen atoms in total. The zero-order chi connectivity index (χ0) is 19.8. The highest BCUT2D eigenvalue weighted by Gasteiger charge is 2.50. The number of likely N-dealkylation sites (tertiary alicyclic amines) is 2. The van der Waals surface area contributed by atoms with Gasteiger partial charge < -0.3 is 9.64 Å². The van der Waals surface area contributed by atoms with Gasteiger partial charge in [0, 0.05) is 58.2 Å². The molecule has 3 aliphatic heterocycles. The van der Waals surface area contributed by atoms with E-state index in [1.165, 1.54) is 10.9 Å². The molecule has 4 heterocycles. The summed E-state index contributed by atoms with van der Waals surface area (Å²) in [4.78, 5) is 20.2. The molecule has 0 saturated carbocycles. The van der Waals surface area contributed by atoms with E-state index in [-0.39, 0.29) is 5.41 Å². The summed E-state index contributed by atoms with van der Waals surface area (Å²) >= 11 is 0. The first-order valence-electron chi connectivity index (χ1n) is 10.9. The standard InChI is InChI=1S/C22H31N5O2/c1-24-20-3-2-18(14-19(20)15-23-24)16-26-6-4-22(17-26)5-7-27(21(22)28)9-8-25-10-12-29-13-11-25/h2-3,14-15H,4-13,16-17H2,1H3. The number of fused-ring (bicyclic) bond motifs is 1. The lowest BCUT2D eigenvalue weighted by molar-refractivity contribution is -0.135. The predicted molar refractivity (Wildman–Crippen MR) is 111 cm³/mol. The zero-order valence-electron chi connectivity index (χ0n) is 17.3. The minimum Gasteiger partial charge on any atom is -0.379 e. The molecule has 1 atom stereocenters. The Kier molecular flexibility index (Phi) is 5.05. The Morgan fingerprint density at radius 1 is 1.07 bits per heavy atom. The highest BCUT2D eigenvalue weighted by molar-refractivity contribution is 5.85. The second-order valence-electron chi connectivity index (χ2n) is 8.90. The van der Waals surface area contributed by atoms with Crippen LogP contribution in [-0.2, 0) is 23.1 Å². The third kappa shape index (κ3) is 3.67. The molecule has 1 amide bonds. The van der Waals surface area contributed by atoms with Gasteiger partial charge in [-0.1, -0.05) is 6.07 Å². The molecule has 1 spiro atoms. The molecule has 156 valence electrons. The van der Waals surface area contributed by atoms with E-state index in [1.807, 2.05) is 17.9 Å². The smallest absolute Gasteiger partial charge is 0.230 e. The number of carbonyl (C=O) groups is 1. The molecule has 0 radical (unpaired) electrons. The maximum Gasteiger partial charge on any atom is 0.230 e. The van der Waals surface area contributed by atoms with Gasteiger partial charge in [-0.3, -0.25) is 19.3 Å². The Morgan fingerprint density at radius 3 is 2.76 bits per heavy atom. The molecule has 1 aromatic heterocycles. The molecule has 0 N–H and O–H groups in total. The van der Waals surface area contributed by atoms with Gasteiger partial charge >= 0.3 is 0 Å². The fraction of sp³-hybridized carbons (Fsp3) is 0.636. The van der Waals surface area contributed by atoms with Crippen LogP contribution in [0.15, 0.2) is 24.4 Å². The molecule has 3 saturated heterocycles. The number of carbonyl (C=O) groups excluding carboxylic acids is 1. The summed E-state index contributed by atoms with van der Waals surface area (Å²) in [7, 11) is 1.97. The summed E-state index contributed by atoms with van der Waals surface area (Å²) in [5.41, 5.74) is 2.31. The van der Waals surface area contributed by atoms with Crippen molar-refractivity contribution in [2.75, 3.05) is 59.0 Å². The molecular formula is C22H31N5O2. The van der Waals surface area contributed by atoms with Crippen molar-refractivity contribution in [1.82, 2.24) is 24.5 Å². The van der Waals surface area contributed by atoms with Gasteiger partial charge in [0.15, 0.2) is 0 Å². The third-order valence-electron chi connectivity index (χ3n) is 7.04. The molecule has 3 aliphatic rings. The van der Waals surface area contributed by atoms with E-state index in [0.717, 1.165) is 83.9 Å². The average Bonchev–Trinajstić information content (AvgIpc) is 3.41. The lowest BCUT2D eigenvalue weighted by Crippen LogP contribution is -2.43. The van der Waals surface area contributed by atoms with E-state index >= 15 is 0 Å². The Bertz CT molecular complexity index is 890. The highest BCUT2D eigenvalue weighted by Crippen LogP contribution is 2.41. The quantitative estimate of drug-likeness (QED) is 0.762. The number of rotatable bonds is 5. The number of morpholine rings is 1. The van der Waals surface area contributed by atoms with Crippen LogP contribution in [0, 0.1) is 5.41 Å². The van der Waals surface area contributed by atoms with Crippen LogP contribution in [-0.4, -0.2) is 89.4 Å². The Morgan fingerprint density at radius 2 is 1.90 bits per heavy atom. The van der Waals surface area contributed by atoms with Gasteiger partial charge in [-0.2, -0.15) is 5.10 Å². The number of hydrogen-bond acceptors (Lipinski definition) is 5.